The van der Waals surface area contributed by atoms with Crippen LogP contribution in [0, 0.1) is 5.92 Å². The lowest BCUT2D eigenvalue weighted by atomic mass is 9.83. The molecule has 244 valence electrons. The highest BCUT2D eigenvalue weighted by molar-refractivity contribution is 8.00. The molecule has 1 aromatic carbocycles. The minimum atomic E-state index is -4.62. The number of rotatable bonds is 9. The molecule has 1 amide bonds. The van der Waals surface area contributed by atoms with Gasteiger partial charge in [0.25, 0.3) is 0 Å². The normalized spacial score (nSPS) is 19.8. The molecule has 0 bridgehead atoms. The number of carbonyl (C=O) groups excluding carboxylic acids is 2. The fourth-order valence-corrected chi connectivity index (χ4v) is 7.39. The molecule has 1 atom stereocenters. The standard InChI is InChI=1S/C32H40F3N5O4S/c1-21(41)39-15-10-27-25(19-39)30(36-40(27)18-24(42)17-37-13-8-23(9-14-37)31(2,3)44)22-6-7-26(32(33,34)35)28(16-22)45-20-29(43)38-11-4-5-12-38/h4-7,11-12,16,23-24,42,44H,8-10,13-15,17-20H2,1-3H3/p+1/t24-/m1/s1. The van der Waals surface area contributed by atoms with E-state index in [9.17, 15) is 33.0 Å². The zero-order valence-electron chi connectivity index (χ0n) is 25.8. The summed E-state index contributed by atoms with van der Waals surface area (Å²) in [4.78, 5) is 27.7. The molecule has 4 heterocycles. The number of halogens is 3. The molecule has 0 radical (unpaired) electrons. The summed E-state index contributed by atoms with van der Waals surface area (Å²) >= 11 is 0.822. The van der Waals surface area contributed by atoms with Gasteiger partial charge in [0.05, 0.1) is 42.2 Å². The van der Waals surface area contributed by atoms with Crippen LogP contribution in [-0.2, 0) is 30.5 Å². The Kier molecular flexibility index (Phi) is 9.83. The van der Waals surface area contributed by atoms with Crippen LogP contribution in [-0.4, -0.2) is 84.9 Å². The summed E-state index contributed by atoms with van der Waals surface area (Å²) in [5, 5.41) is 26.3. The number of carbonyl (C=O) groups is 2. The number of hydrogen-bond donors (Lipinski definition) is 3. The highest BCUT2D eigenvalue weighted by atomic mass is 32.2. The summed E-state index contributed by atoms with van der Waals surface area (Å²) in [6, 6.07) is 7.17. The number of alkyl halides is 3. The van der Waals surface area contributed by atoms with Crippen LogP contribution in [0.15, 0.2) is 47.6 Å². The number of hydrogen-bond acceptors (Lipinski definition) is 6. The van der Waals surface area contributed by atoms with Crippen LogP contribution in [0.3, 0.4) is 0 Å². The van der Waals surface area contributed by atoms with E-state index >= 15 is 0 Å². The van der Waals surface area contributed by atoms with Crippen molar-refractivity contribution in [2.75, 3.05) is 31.9 Å². The first kappa shape index (κ1) is 33.2. The van der Waals surface area contributed by atoms with Crippen molar-refractivity contribution in [1.82, 2.24) is 19.2 Å². The lowest BCUT2D eigenvalue weighted by Crippen LogP contribution is -3.14. The lowest BCUT2D eigenvalue weighted by molar-refractivity contribution is -0.909. The summed E-state index contributed by atoms with van der Waals surface area (Å²) in [7, 11) is 0. The zero-order chi connectivity index (χ0) is 32.5. The first-order valence-electron chi connectivity index (χ1n) is 15.3. The summed E-state index contributed by atoms with van der Waals surface area (Å²) in [6.07, 6.45) is 0.0359. The van der Waals surface area contributed by atoms with Crippen molar-refractivity contribution in [3.8, 4) is 11.3 Å². The molecular weight excluding hydrogens is 607 g/mol. The molecule has 0 spiro atoms. The van der Waals surface area contributed by atoms with Crippen molar-refractivity contribution in [3.05, 3.63) is 59.5 Å². The molecule has 45 heavy (non-hydrogen) atoms. The quantitative estimate of drug-likeness (QED) is 0.308. The van der Waals surface area contributed by atoms with Crippen molar-refractivity contribution in [2.45, 2.75) is 75.9 Å². The fourth-order valence-electron chi connectivity index (χ4n) is 6.41. The topological polar surface area (TPSA) is 105 Å². The number of amides is 1. The van der Waals surface area contributed by atoms with Gasteiger partial charge in [-0.1, -0.05) is 6.07 Å². The predicted molar refractivity (Wildman–Crippen MR) is 164 cm³/mol. The van der Waals surface area contributed by atoms with Crippen LogP contribution in [0.25, 0.3) is 11.3 Å². The van der Waals surface area contributed by atoms with Gasteiger partial charge < -0.3 is 20.0 Å². The third-order valence-electron chi connectivity index (χ3n) is 8.98. The summed E-state index contributed by atoms with van der Waals surface area (Å²) in [5.74, 6) is -0.414. The summed E-state index contributed by atoms with van der Waals surface area (Å²) in [6.45, 7) is 8.33. The van der Waals surface area contributed by atoms with Crippen LogP contribution in [0.1, 0.15) is 55.2 Å². The van der Waals surface area contributed by atoms with Gasteiger partial charge in [-0.15, -0.1) is 11.8 Å². The molecule has 2 aliphatic heterocycles. The number of aliphatic hydroxyl groups excluding tert-OH is 1. The Bertz CT molecular complexity index is 1510. The van der Waals surface area contributed by atoms with Gasteiger partial charge in [-0.3, -0.25) is 18.8 Å². The Hall–Kier alpha value is -3.13. The molecule has 1 fully saturated rings. The molecule has 2 aliphatic rings. The van der Waals surface area contributed by atoms with E-state index in [4.69, 9.17) is 5.10 Å². The van der Waals surface area contributed by atoms with Gasteiger partial charge in [0, 0.05) is 73.4 Å². The van der Waals surface area contributed by atoms with Crippen LogP contribution >= 0.6 is 11.8 Å². The number of nitrogens with zero attached hydrogens (tertiary/aromatic N) is 4. The second-order valence-corrected chi connectivity index (χ2v) is 13.7. The Balaban J connectivity index is 1.40. The maximum atomic E-state index is 14.0. The third kappa shape index (κ3) is 7.82. The monoisotopic (exact) mass is 648 g/mol. The van der Waals surface area contributed by atoms with E-state index in [0.29, 0.717) is 30.8 Å². The maximum absolute atomic E-state index is 14.0. The largest absolute Gasteiger partial charge is 0.417 e. The van der Waals surface area contributed by atoms with E-state index in [0.717, 1.165) is 55.0 Å². The van der Waals surface area contributed by atoms with Crippen molar-refractivity contribution in [2.24, 2.45) is 5.92 Å². The van der Waals surface area contributed by atoms with E-state index in [1.165, 1.54) is 28.5 Å². The van der Waals surface area contributed by atoms with Gasteiger partial charge >= 0.3 is 6.18 Å². The van der Waals surface area contributed by atoms with Crippen molar-refractivity contribution in [3.63, 3.8) is 0 Å². The van der Waals surface area contributed by atoms with E-state index < -0.39 is 23.4 Å². The van der Waals surface area contributed by atoms with Gasteiger partial charge in [-0.25, -0.2) is 0 Å². The average molecular weight is 649 g/mol. The molecule has 13 heteroatoms. The van der Waals surface area contributed by atoms with Crippen LogP contribution in [0.5, 0.6) is 0 Å². The van der Waals surface area contributed by atoms with E-state index in [-0.39, 0.29) is 41.5 Å². The molecule has 5 rings (SSSR count). The second kappa shape index (κ2) is 13.3. The smallest absolute Gasteiger partial charge is 0.390 e. The number of likely N-dealkylation sites (tertiary alicyclic amines) is 1. The number of aromatic nitrogens is 3. The summed E-state index contributed by atoms with van der Waals surface area (Å²) in [5.41, 5.74) is 0.969. The number of fused-ring (bicyclic) bond motifs is 1. The molecule has 3 aromatic rings. The third-order valence-corrected chi connectivity index (χ3v) is 10.0. The van der Waals surface area contributed by atoms with Crippen LogP contribution in [0.4, 0.5) is 13.2 Å². The van der Waals surface area contributed by atoms with Crippen LogP contribution < -0.4 is 4.90 Å². The maximum Gasteiger partial charge on any atom is 0.417 e. The second-order valence-electron chi connectivity index (χ2n) is 12.7. The average Bonchev–Trinajstić information content (AvgIpc) is 3.64. The van der Waals surface area contributed by atoms with Gasteiger partial charge in [-0.05, 0) is 44.0 Å². The van der Waals surface area contributed by atoms with E-state index in [1.54, 1.807) is 34.1 Å². The molecule has 2 aromatic heterocycles. The Morgan fingerprint density at radius 3 is 2.47 bits per heavy atom. The van der Waals surface area contributed by atoms with Crippen molar-refractivity contribution < 1.29 is 37.9 Å². The Morgan fingerprint density at radius 1 is 1.16 bits per heavy atom. The van der Waals surface area contributed by atoms with Gasteiger partial charge in [0.15, 0.2) is 0 Å². The Morgan fingerprint density at radius 2 is 1.84 bits per heavy atom. The number of piperidine rings is 1. The minimum absolute atomic E-state index is 0.0823. The van der Waals surface area contributed by atoms with Crippen molar-refractivity contribution in [1.29, 1.82) is 0 Å². The minimum Gasteiger partial charge on any atom is -0.390 e. The van der Waals surface area contributed by atoms with Gasteiger partial charge in [0.2, 0.25) is 11.8 Å². The fraction of sp³-hybridized carbons (Fsp3) is 0.531. The predicted octanol–water partition coefficient (Wildman–Crippen LogP) is 3.13. The zero-order valence-corrected chi connectivity index (χ0v) is 26.6. The number of thioether (sulfide) groups is 1. The van der Waals surface area contributed by atoms with E-state index in [2.05, 4.69) is 0 Å². The number of aliphatic hydroxyl groups is 2. The number of quaternary nitrogens is 1. The molecule has 9 nitrogen and oxygen atoms in total. The van der Waals surface area contributed by atoms with E-state index in [1.807, 2.05) is 13.8 Å². The lowest BCUT2D eigenvalue weighted by Gasteiger charge is -2.36. The molecular formula is C32H41F3N5O4S+. The highest BCUT2D eigenvalue weighted by Gasteiger charge is 2.36. The van der Waals surface area contributed by atoms with Gasteiger partial charge in [0.1, 0.15) is 12.6 Å². The Labute approximate surface area is 265 Å². The first-order chi connectivity index (χ1) is 21.2. The summed E-state index contributed by atoms with van der Waals surface area (Å²) < 4.78 is 45.1. The molecule has 1 saturated heterocycles. The molecule has 0 saturated carbocycles. The molecule has 0 unspecified atom stereocenters. The number of benzene rings is 1. The first-order valence-corrected chi connectivity index (χ1v) is 16.3. The SMILES string of the molecule is CC(=O)N1CCc2c(c(-c3ccc(C(F)(F)F)c(SCC(=O)n4cccc4)c3)nn2C[C@H](O)C[NH+]2CCC(C(C)(C)O)CC2)C1. The highest BCUT2D eigenvalue weighted by Crippen LogP contribution is 2.40. The molecule has 3 N–H and O–H groups in total. The number of nitrogens with one attached hydrogen (secondary N) is 1. The van der Waals surface area contributed by atoms with Crippen molar-refractivity contribution >= 4 is 23.6 Å². The van der Waals surface area contributed by atoms with Crippen LogP contribution in [0.2, 0.25) is 0 Å². The molecule has 0 aliphatic carbocycles. The van der Waals surface area contributed by atoms with Gasteiger partial charge in [-0.2, -0.15) is 18.3 Å².